The van der Waals surface area contributed by atoms with E-state index < -0.39 is 0 Å². The van der Waals surface area contributed by atoms with E-state index in [1.807, 2.05) is 18.7 Å². The van der Waals surface area contributed by atoms with E-state index >= 15 is 0 Å². The fraction of sp³-hybridized carbons (Fsp3) is 0.750. The number of ether oxygens (including phenoxy) is 2. The van der Waals surface area contributed by atoms with Gasteiger partial charge in [-0.1, -0.05) is 11.8 Å². The Kier molecular flexibility index (Phi) is 6.33. The summed E-state index contributed by atoms with van der Waals surface area (Å²) < 4.78 is 12.0. The Morgan fingerprint density at radius 2 is 2.22 bits per heavy atom. The molecule has 1 amide bonds. The number of thioether (sulfide) groups is 1. The summed E-state index contributed by atoms with van der Waals surface area (Å²) in [5.74, 6) is 0.0900. The number of amides is 1. The zero-order valence-corrected chi connectivity index (χ0v) is 15.1. The van der Waals surface area contributed by atoms with Crippen LogP contribution in [-0.2, 0) is 14.3 Å². The van der Waals surface area contributed by atoms with E-state index in [1.165, 1.54) is 4.34 Å². The fourth-order valence-corrected chi connectivity index (χ4v) is 5.29. The number of carbonyl (C=O) groups is 1. The highest BCUT2D eigenvalue weighted by Gasteiger charge is 2.25. The van der Waals surface area contributed by atoms with Gasteiger partial charge in [-0.2, -0.15) is 0 Å². The second-order valence-corrected chi connectivity index (χ2v) is 8.59. The maximum absolute atomic E-state index is 12.1. The molecule has 0 spiro atoms. The molecule has 1 unspecified atom stereocenters. The minimum absolute atomic E-state index is 0.0798. The summed E-state index contributed by atoms with van der Waals surface area (Å²) in [4.78, 5) is 16.6. The molecule has 2 fully saturated rings. The highest BCUT2D eigenvalue weighted by molar-refractivity contribution is 8.01. The van der Waals surface area contributed by atoms with E-state index in [9.17, 15) is 4.79 Å². The Labute approximate surface area is 145 Å². The van der Waals surface area contributed by atoms with Crippen LogP contribution in [0.4, 0.5) is 0 Å². The number of carbonyl (C=O) groups excluding carboxylic acids is 1. The molecule has 1 aromatic rings. The number of aromatic nitrogens is 1. The number of thiazole rings is 1. The maximum atomic E-state index is 12.1. The van der Waals surface area contributed by atoms with Crippen LogP contribution < -0.4 is 5.32 Å². The summed E-state index contributed by atoms with van der Waals surface area (Å²) in [5, 5.41) is 5.89. The topological polar surface area (TPSA) is 60.5 Å². The van der Waals surface area contributed by atoms with Crippen molar-refractivity contribution in [2.45, 2.75) is 60.8 Å². The Morgan fingerprint density at radius 1 is 1.39 bits per heavy atom. The molecule has 5 nitrogen and oxygen atoms in total. The Hall–Kier alpha value is -0.630. The molecule has 0 bridgehead atoms. The minimum atomic E-state index is -0.0798. The van der Waals surface area contributed by atoms with Gasteiger partial charge in [-0.3, -0.25) is 4.79 Å². The van der Waals surface area contributed by atoms with Gasteiger partial charge in [-0.25, -0.2) is 4.98 Å². The Balaban J connectivity index is 1.36. The van der Waals surface area contributed by atoms with Crippen LogP contribution in [0.5, 0.6) is 0 Å². The first-order valence-corrected chi connectivity index (χ1v) is 10.0. The predicted octanol–water partition coefficient (Wildman–Crippen LogP) is 2.78. The molecule has 1 aromatic heterocycles. The van der Waals surface area contributed by atoms with Gasteiger partial charge in [0.1, 0.15) is 4.34 Å². The van der Waals surface area contributed by atoms with Crippen LogP contribution in [0.25, 0.3) is 0 Å². The molecule has 2 aliphatic rings. The molecule has 1 saturated carbocycles. The number of aryl methyl sites for hydroxylation is 1. The van der Waals surface area contributed by atoms with Crippen molar-refractivity contribution in [2.75, 3.05) is 19.8 Å². The lowest BCUT2D eigenvalue weighted by molar-refractivity contribution is -0.132. The lowest BCUT2D eigenvalue weighted by atomic mass is 9.95. The predicted molar refractivity (Wildman–Crippen MR) is 92.1 cm³/mol. The van der Waals surface area contributed by atoms with Crippen molar-refractivity contribution in [2.24, 2.45) is 0 Å². The van der Waals surface area contributed by atoms with Gasteiger partial charge < -0.3 is 14.8 Å². The molecule has 7 heteroatoms. The first-order chi connectivity index (χ1) is 11.2. The summed E-state index contributed by atoms with van der Waals surface area (Å²) in [6.45, 7) is 3.80. The number of hydrogen-bond donors (Lipinski definition) is 1. The molecule has 1 saturated heterocycles. The quantitative estimate of drug-likeness (QED) is 0.879. The highest BCUT2D eigenvalue weighted by atomic mass is 32.2. The number of nitrogens with one attached hydrogen (secondary N) is 1. The molecular formula is C16H24N2O3S2. The minimum Gasteiger partial charge on any atom is -0.376 e. The van der Waals surface area contributed by atoms with Gasteiger partial charge >= 0.3 is 0 Å². The van der Waals surface area contributed by atoms with E-state index in [-0.39, 0.29) is 12.0 Å². The lowest BCUT2D eigenvalue weighted by Crippen LogP contribution is -2.41. The van der Waals surface area contributed by atoms with Crippen molar-refractivity contribution in [3.63, 3.8) is 0 Å². The van der Waals surface area contributed by atoms with Crippen molar-refractivity contribution in [3.8, 4) is 0 Å². The smallest absolute Gasteiger partial charge is 0.222 e. The largest absolute Gasteiger partial charge is 0.376 e. The van der Waals surface area contributed by atoms with Crippen molar-refractivity contribution < 1.29 is 14.3 Å². The van der Waals surface area contributed by atoms with Crippen molar-refractivity contribution >= 4 is 29.0 Å². The van der Waals surface area contributed by atoms with E-state index in [1.54, 1.807) is 11.3 Å². The summed E-state index contributed by atoms with van der Waals surface area (Å²) in [6, 6.07) is 0.307. The molecule has 0 aromatic carbocycles. The summed E-state index contributed by atoms with van der Waals surface area (Å²) in [5.41, 5.74) is 1.10. The van der Waals surface area contributed by atoms with Gasteiger partial charge in [0.2, 0.25) is 5.91 Å². The van der Waals surface area contributed by atoms with Crippen LogP contribution in [-0.4, -0.2) is 48.1 Å². The van der Waals surface area contributed by atoms with Gasteiger partial charge in [0, 0.05) is 22.4 Å². The molecule has 3 rings (SSSR count). The first kappa shape index (κ1) is 17.2. The van der Waals surface area contributed by atoms with Crippen LogP contribution in [0, 0.1) is 6.92 Å². The van der Waals surface area contributed by atoms with Gasteiger partial charge in [0.15, 0.2) is 0 Å². The van der Waals surface area contributed by atoms with Crippen molar-refractivity contribution in [1.29, 1.82) is 0 Å². The third-order valence-corrected chi connectivity index (χ3v) is 6.63. The molecule has 0 radical (unpaired) electrons. The second kappa shape index (κ2) is 8.46. The lowest BCUT2D eigenvalue weighted by Gasteiger charge is -2.29. The molecular weight excluding hydrogens is 332 g/mol. The highest BCUT2D eigenvalue weighted by Crippen LogP contribution is 2.35. The van der Waals surface area contributed by atoms with Crippen LogP contribution in [0.15, 0.2) is 9.72 Å². The normalized spacial score (nSPS) is 28.5. The molecule has 2 heterocycles. The van der Waals surface area contributed by atoms with Gasteiger partial charge in [-0.15, -0.1) is 11.3 Å². The summed E-state index contributed by atoms with van der Waals surface area (Å²) in [6.07, 6.45) is 4.71. The van der Waals surface area contributed by atoms with E-state index in [0.717, 1.165) is 31.4 Å². The fourth-order valence-electron chi connectivity index (χ4n) is 3.00. The van der Waals surface area contributed by atoms with Crippen molar-refractivity contribution in [3.05, 3.63) is 11.1 Å². The SMILES string of the molecule is Cc1csc(SC2CCC(NC(=O)CC3COCCO3)CC2)n1. The number of rotatable bonds is 5. The Morgan fingerprint density at radius 3 is 2.87 bits per heavy atom. The zero-order valence-electron chi connectivity index (χ0n) is 13.5. The average molecular weight is 357 g/mol. The van der Waals surface area contributed by atoms with E-state index in [0.29, 0.717) is 37.5 Å². The number of nitrogens with zero attached hydrogens (tertiary/aromatic N) is 1. The van der Waals surface area contributed by atoms with Gasteiger partial charge in [0.25, 0.3) is 0 Å². The zero-order chi connectivity index (χ0) is 16.1. The third kappa shape index (κ3) is 5.45. The standard InChI is InChI=1S/C16H24N2O3S2/c1-11-10-22-16(17-11)23-14-4-2-12(3-5-14)18-15(19)8-13-9-20-6-7-21-13/h10,12-14H,2-9H2,1H3,(H,18,19). The monoisotopic (exact) mass is 356 g/mol. The van der Waals surface area contributed by atoms with Gasteiger partial charge in [-0.05, 0) is 32.6 Å². The molecule has 1 aliphatic carbocycles. The number of hydrogen-bond acceptors (Lipinski definition) is 6. The van der Waals surface area contributed by atoms with Crippen molar-refractivity contribution in [1.82, 2.24) is 10.3 Å². The Bertz CT molecular complexity index is 509. The maximum Gasteiger partial charge on any atom is 0.222 e. The summed E-state index contributed by atoms with van der Waals surface area (Å²) in [7, 11) is 0. The second-order valence-electron chi connectivity index (χ2n) is 6.19. The van der Waals surface area contributed by atoms with Crippen LogP contribution in [0.2, 0.25) is 0 Å². The van der Waals surface area contributed by atoms with E-state index in [4.69, 9.17) is 9.47 Å². The van der Waals surface area contributed by atoms with Gasteiger partial charge in [0.05, 0.1) is 32.3 Å². The molecule has 23 heavy (non-hydrogen) atoms. The summed E-state index contributed by atoms with van der Waals surface area (Å²) >= 11 is 3.62. The van der Waals surface area contributed by atoms with Crippen LogP contribution in [0.1, 0.15) is 37.8 Å². The first-order valence-electron chi connectivity index (χ1n) is 8.26. The molecule has 1 atom stereocenters. The molecule has 1 N–H and O–H groups in total. The van der Waals surface area contributed by atoms with Crippen LogP contribution in [0.3, 0.4) is 0 Å². The molecule has 128 valence electrons. The van der Waals surface area contributed by atoms with Crippen LogP contribution >= 0.6 is 23.1 Å². The third-order valence-electron chi connectivity index (χ3n) is 4.20. The molecule has 1 aliphatic heterocycles. The van der Waals surface area contributed by atoms with E-state index in [2.05, 4.69) is 15.7 Å². The average Bonchev–Trinajstić information content (AvgIpc) is 2.95.